The third kappa shape index (κ3) is 11.5. The zero-order valence-corrected chi connectivity index (χ0v) is 30.8. The Kier molecular flexibility index (Phi) is 14.8. The molecule has 0 spiro atoms. The van der Waals surface area contributed by atoms with E-state index in [4.69, 9.17) is 18.9 Å². The highest BCUT2D eigenvalue weighted by Gasteiger charge is 2.25. The first-order valence-corrected chi connectivity index (χ1v) is 19.0. The fraction of sp³-hybridized carbons (Fsp3) is 0.400. The van der Waals surface area contributed by atoms with Crippen molar-refractivity contribution >= 4 is 23.9 Å². The number of nitriles is 1. The summed E-state index contributed by atoms with van der Waals surface area (Å²) in [6, 6.07) is 21.3. The lowest BCUT2D eigenvalue weighted by Crippen LogP contribution is -2.15. The van der Waals surface area contributed by atoms with Gasteiger partial charge in [-0.15, -0.1) is 0 Å². The maximum Gasteiger partial charge on any atom is 0.343 e. The lowest BCUT2D eigenvalue weighted by molar-refractivity contribution is -0.138. The third-order valence-electron chi connectivity index (χ3n) is 10.7. The number of rotatable bonds is 16. The van der Waals surface area contributed by atoms with Crippen LogP contribution in [0.2, 0.25) is 0 Å². The minimum absolute atomic E-state index is 0.0127. The number of hydrogen-bond donors (Lipinski definition) is 0. The largest absolute Gasteiger partial charge is 0.463 e. The Morgan fingerprint density at radius 2 is 1.04 bits per heavy atom. The van der Waals surface area contributed by atoms with Gasteiger partial charge in [-0.1, -0.05) is 37.4 Å². The highest BCUT2D eigenvalue weighted by molar-refractivity contribution is 5.93. The van der Waals surface area contributed by atoms with Gasteiger partial charge in [-0.3, -0.25) is 0 Å². The minimum atomic E-state index is -0.620. The molecule has 0 aromatic heterocycles. The second-order valence-electron chi connectivity index (χ2n) is 14.3. The summed E-state index contributed by atoms with van der Waals surface area (Å²) in [5, 5.41) is 9.50. The van der Waals surface area contributed by atoms with Gasteiger partial charge in [0, 0.05) is 18.2 Å². The monoisotopic (exact) mass is 731 g/mol. The first-order chi connectivity index (χ1) is 26.3. The second kappa shape index (κ2) is 20.1. The van der Waals surface area contributed by atoms with Gasteiger partial charge in [-0.25, -0.2) is 19.2 Å². The van der Waals surface area contributed by atoms with Gasteiger partial charge < -0.3 is 18.9 Å². The molecule has 0 bridgehead atoms. The molecule has 0 N–H and O–H groups in total. The summed E-state index contributed by atoms with van der Waals surface area (Å²) in [5.41, 5.74) is 3.32. The number of carbonyl (C=O) groups is 4. The SMILES string of the molecule is C=CC(=O)OCCC[C@H]1CC[C@H](c2ccc(C(=O)Oc3ccc(C#N)cc3OC(=O)c3ccc([C@H]4CC[C@H](CCCOC(=O)C=C)CC4)cc3)cc2)CC1. The number of ether oxygens (including phenoxy) is 4. The second-order valence-corrected chi connectivity index (χ2v) is 14.3. The van der Waals surface area contributed by atoms with E-state index >= 15 is 0 Å². The van der Waals surface area contributed by atoms with Gasteiger partial charge in [0.1, 0.15) is 0 Å². The normalized spacial score (nSPS) is 19.4. The van der Waals surface area contributed by atoms with Crippen LogP contribution in [-0.4, -0.2) is 37.1 Å². The van der Waals surface area contributed by atoms with Crippen molar-refractivity contribution in [3.05, 3.63) is 120 Å². The summed E-state index contributed by atoms with van der Waals surface area (Å²) < 4.78 is 21.6. The van der Waals surface area contributed by atoms with Crippen LogP contribution in [0.5, 0.6) is 11.5 Å². The minimum Gasteiger partial charge on any atom is -0.463 e. The summed E-state index contributed by atoms with van der Waals surface area (Å²) in [5.74, 6) is 0.0995. The number of hydrogen-bond acceptors (Lipinski definition) is 9. The first kappa shape index (κ1) is 39.7. The standard InChI is InChI=1S/C45H49NO8/c1-3-42(47)51-27-5-7-31-9-14-34(15-10-31)36-18-22-38(23-19-36)44(49)53-40-26-13-33(30-46)29-41(40)54-45(50)39-24-20-37(21-25-39)35-16-11-32(12-17-35)8-6-28-52-43(48)4-2/h3-4,13,18-26,29,31-32,34-35H,1-2,5-12,14-17,27-28H2/t31-,32-,34-,35-. The van der Waals surface area contributed by atoms with Gasteiger partial charge in [0.2, 0.25) is 0 Å². The van der Waals surface area contributed by atoms with Gasteiger partial charge in [-0.2, -0.15) is 5.26 Å². The maximum atomic E-state index is 13.2. The quantitative estimate of drug-likeness (QED) is 0.0612. The molecule has 54 heavy (non-hydrogen) atoms. The smallest absolute Gasteiger partial charge is 0.343 e. The van der Waals surface area contributed by atoms with Crippen LogP contribution < -0.4 is 9.47 Å². The number of esters is 4. The fourth-order valence-corrected chi connectivity index (χ4v) is 7.62. The third-order valence-corrected chi connectivity index (χ3v) is 10.7. The fourth-order valence-electron chi connectivity index (χ4n) is 7.62. The van der Waals surface area contributed by atoms with Crippen LogP contribution in [0.15, 0.2) is 92.0 Å². The van der Waals surface area contributed by atoms with Crippen molar-refractivity contribution in [1.82, 2.24) is 0 Å². The Bertz CT molecular complexity index is 1810. The molecular weight excluding hydrogens is 682 g/mol. The lowest BCUT2D eigenvalue weighted by Gasteiger charge is -2.29. The molecule has 5 rings (SSSR count). The molecule has 9 nitrogen and oxygen atoms in total. The molecule has 0 radical (unpaired) electrons. The van der Waals surface area contributed by atoms with Crippen molar-refractivity contribution in [1.29, 1.82) is 5.26 Å². The molecule has 282 valence electrons. The number of carbonyl (C=O) groups excluding carboxylic acids is 4. The van der Waals surface area contributed by atoms with Crippen LogP contribution >= 0.6 is 0 Å². The van der Waals surface area contributed by atoms with Gasteiger partial charge >= 0.3 is 23.9 Å². The van der Waals surface area contributed by atoms with Gasteiger partial charge in [0.15, 0.2) is 11.5 Å². The molecular formula is C45H49NO8. The van der Waals surface area contributed by atoms with Crippen LogP contribution in [0, 0.1) is 23.2 Å². The Morgan fingerprint density at radius 1 is 0.611 bits per heavy atom. The molecule has 2 aliphatic carbocycles. The summed E-state index contributed by atoms with van der Waals surface area (Å²) in [6.07, 6.45) is 14.8. The Labute approximate surface area is 318 Å². The highest BCUT2D eigenvalue weighted by atomic mass is 16.6. The molecule has 0 saturated heterocycles. The molecule has 3 aromatic carbocycles. The number of nitrogens with zero attached hydrogens (tertiary/aromatic N) is 1. The molecule has 0 unspecified atom stereocenters. The van der Waals surface area contributed by atoms with Crippen molar-refractivity contribution in [2.75, 3.05) is 13.2 Å². The molecule has 0 amide bonds. The van der Waals surface area contributed by atoms with Gasteiger partial charge in [0.25, 0.3) is 0 Å². The van der Waals surface area contributed by atoms with Crippen molar-refractivity contribution < 1.29 is 38.1 Å². The van der Waals surface area contributed by atoms with E-state index < -0.39 is 11.9 Å². The van der Waals surface area contributed by atoms with E-state index in [0.717, 1.165) is 77.0 Å². The maximum absolute atomic E-state index is 13.2. The molecule has 3 aromatic rings. The summed E-state index contributed by atoms with van der Waals surface area (Å²) in [7, 11) is 0. The molecule has 0 atom stereocenters. The Hall–Kier alpha value is -5.49. The molecule has 2 fully saturated rings. The average molecular weight is 732 g/mol. The Morgan fingerprint density at radius 3 is 1.44 bits per heavy atom. The van der Waals surface area contributed by atoms with Crippen LogP contribution in [0.1, 0.15) is 126 Å². The molecule has 2 aliphatic rings. The molecule has 2 saturated carbocycles. The first-order valence-electron chi connectivity index (χ1n) is 19.0. The van der Waals surface area contributed by atoms with Crippen LogP contribution in [-0.2, 0) is 19.1 Å². The van der Waals surface area contributed by atoms with Gasteiger partial charge in [-0.05, 0) is 148 Å². The van der Waals surface area contributed by atoms with E-state index in [1.807, 2.05) is 30.3 Å². The van der Waals surface area contributed by atoms with Crippen molar-refractivity contribution in [3.8, 4) is 17.6 Å². The Balaban J connectivity index is 1.11. The molecule has 9 heteroatoms. The lowest BCUT2D eigenvalue weighted by atomic mass is 9.77. The topological polar surface area (TPSA) is 129 Å². The van der Waals surface area contributed by atoms with E-state index in [-0.39, 0.29) is 29.0 Å². The van der Waals surface area contributed by atoms with Crippen LogP contribution in [0.4, 0.5) is 0 Å². The summed E-state index contributed by atoms with van der Waals surface area (Å²) >= 11 is 0. The van der Waals surface area contributed by atoms with E-state index in [2.05, 4.69) is 13.2 Å². The zero-order valence-electron chi connectivity index (χ0n) is 30.8. The van der Waals surface area contributed by atoms with Crippen molar-refractivity contribution in [3.63, 3.8) is 0 Å². The predicted molar refractivity (Wildman–Crippen MR) is 204 cm³/mol. The van der Waals surface area contributed by atoms with E-state index in [1.54, 1.807) is 24.3 Å². The van der Waals surface area contributed by atoms with Crippen molar-refractivity contribution in [2.24, 2.45) is 11.8 Å². The number of benzene rings is 3. The summed E-state index contributed by atoms with van der Waals surface area (Å²) in [6.45, 7) is 7.68. The van der Waals surface area contributed by atoms with E-state index in [0.29, 0.717) is 48.0 Å². The summed E-state index contributed by atoms with van der Waals surface area (Å²) in [4.78, 5) is 48.9. The average Bonchev–Trinajstić information content (AvgIpc) is 3.22. The zero-order chi connectivity index (χ0) is 38.3. The highest BCUT2D eigenvalue weighted by Crippen LogP contribution is 2.39. The van der Waals surface area contributed by atoms with E-state index in [9.17, 15) is 24.4 Å². The van der Waals surface area contributed by atoms with Crippen molar-refractivity contribution in [2.45, 2.75) is 88.9 Å². The van der Waals surface area contributed by atoms with Crippen LogP contribution in [0.3, 0.4) is 0 Å². The van der Waals surface area contributed by atoms with Crippen LogP contribution in [0.25, 0.3) is 0 Å². The predicted octanol–water partition coefficient (Wildman–Crippen LogP) is 9.56. The molecule has 0 aliphatic heterocycles. The molecule has 0 heterocycles. The van der Waals surface area contributed by atoms with Gasteiger partial charge in [0.05, 0.1) is 36.0 Å². The van der Waals surface area contributed by atoms with E-state index in [1.165, 1.54) is 41.5 Å².